The Kier molecular flexibility index (Phi) is 2.68. The number of nitrogen functional groups attached to an aromatic ring is 1. The van der Waals surface area contributed by atoms with Gasteiger partial charge in [-0.2, -0.15) is 0 Å². The highest BCUT2D eigenvalue weighted by atomic mass is 19.1. The fourth-order valence-corrected chi connectivity index (χ4v) is 1.41. The van der Waals surface area contributed by atoms with Crippen LogP contribution >= 0.6 is 0 Å². The van der Waals surface area contributed by atoms with E-state index in [0.717, 1.165) is 0 Å². The molecular formula is C11H10FN3O. The lowest BCUT2D eigenvalue weighted by molar-refractivity contribution is 0.387. The third-order valence-electron chi connectivity index (χ3n) is 2.16. The summed E-state index contributed by atoms with van der Waals surface area (Å²) in [5.41, 5.74) is 6.23. The first-order valence-electron chi connectivity index (χ1n) is 4.63. The summed E-state index contributed by atoms with van der Waals surface area (Å²) in [7, 11) is 1.40. The number of hydrogen-bond acceptors (Lipinski definition) is 4. The first-order chi connectivity index (χ1) is 7.74. The molecule has 0 atom stereocenters. The Morgan fingerprint density at radius 3 is 2.69 bits per heavy atom. The largest absolute Gasteiger partial charge is 0.494 e. The number of nitrogens with zero attached hydrogens (tertiary/aromatic N) is 2. The van der Waals surface area contributed by atoms with Gasteiger partial charge in [0.15, 0.2) is 11.6 Å². The van der Waals surface area contributed by atoms with E-state index in [1.165, 1.54) is 25.6 Å². The van der Waals surface area contributed by atoms with Gasteiger partial charge >= 0.3 is 0 Å². The van der Waals surface area contributed by atoms with Crippen LogP contribution in [0.4, 0.5) is 10.2 Å². The van der Waals surface area contributed by atoms with Gasteiger partial charge in [-0.1, -0.05) is 6.07 Å². The van der Waals surface area contributed by atoms with Crippen molar-refractivity contribution in [2.75, 3.05) is 12.8 Å². The van der Waals surface area contributed by atoms with Crippen molar-refractivity contribution in [3.05, 3.63) is 36.4 Å². The van der Waals surface area contributed by atoms with E-state index in [1.807, 2.05) is 0 Å². The molecule has 0 aliphatic heterocycles. The van der Waals surface area contributed by atoms with Gasteiger partial charge in [0.05, 0.1) is 7.11 Å². The second-order valence-corrected chi connectivity index (χ2v) is 3.11. The highest BCUT2D eigenvalue weighted by Gasteiger charge is 2.13. The van der Waals surface area contributed by atoms with Crippen LogP contribution in [-0.4, -0.2) is 17.1 Å². The Morgan fingerprint density at radius 2 is 2.00 bits per heavy atom. The molecule has 2 N–H and O–H groups in total. The van der Waals surface area contributed by atoms with Crippen molar-refractivity contribution in [1.29, 1.82) is 0 Å². The van der Waals surface area contributed by atoms with Gasteiger partial charge in [-0.25, -0.2) is 9.37 Å². The number of hydrogen-bond donors (Lipinski definition) is 1. The number of ether oxygens (including phenoxy) is 1. The van der Waals surface area contributed by atoms with Crippen LogP contribution < -0.4 is 10.5 Å². The summed E-state index contributed by atoms with van der Waals surface area (Å²) in [6, 6.07) is 4.79. The van der Waals surface area contributed by atoms with Crippen molar-refractivity contribution in [2.45, 2.75) is 0 Å². The molecule has 0 spiro atoms. The van der Waals surface area contributed by atoms with Crippen LogP contribution in [0.25, 0.3) is 11.3 Å². The summed E-state index contributed by atoms with van der Waals surface area (Å²) < 4.78 is 18.8. The summed E-state index contributed by atoms with van der Waals surface area (Å²) in [6.45, 7) is 0. The van der Waals surface area contributed by atoms with Crippen LogP contribution in [0.1, 0.15) is 0 Å². The average molecular weight is 219 g/mol. The predicted octanol–water partition coefficient (Wildman–Crippen LogP) is 1.87. The quantitative estimate of drug-likeness (QED) is 0.837. The van der Waals surface area contributed by atoms with Gasteiger partial charge in [0.1, 0.15) is 11.5 Å². The van der Waals surface area contributed by atoms with E-state index in [1.54, 1.807) is 12.1 Å². The van der Waals surface area contributed by atoms with E-state index in [9.17, 15) is 4.39 Å². The van der Waals surface area contributed by atoms with Crippen LogP contribution in [0.15, 0.2) is 30.6 Å². The second kappa shape index (κ2) is 4.14. The zero-order valence-electron chi connectivity index (χ0n) is 8.64. The minimum Gasteiger partial charge on any atom is -0.494 e. The maximum Gasteiger partial charge on any atom is 0.174 e. The van der Waals surface area contributed by atoms with Gasteiger partial charge in [0.25, 0.3) is 0 Å². The van der Waals surface area contributed by atoms with Crippen molar-refractivity contribution in [3.8, 4) is 17.0 Å². The van der Waals surface area contributed by atoms with E-state index in [2.05, 4.69) is 9.97 Å². The number of methoxy groups -OCH3 is 1. The molecule has 0 saturated heterocycles. The minimum absolute atomic E-state index is 0.155. The molecule has 0 unspecified atom stereocenters. The van der Waals surface area contributed by atoms with E-state index >= 15 is 0 Å². The lowest BCUT2D eigenvalue weighted by atomic mass is 10.1. The summed E-state index contributed by atoms with van der Waals surface area (Å²) in [5.74, 6) is -0.144. The Bertz CT molecular complexity index is 516. The van der Waals surface area contributed by atoms with Gasteiger partial charge < -0.3 is 10.5 Å². The molecule has 4 nitrogen and oxygen atoms in total. The second-order valence-electron chi connectivity index (χ2n) is 3.11. The first kappa shape index (κ1) is 10.4. The molecule has 1 aromatic carbocycles. The lowest BCUT2D eigenvalue weighted by Gasteiger charge is -2.07. The van der Waals surface area contributed by atoms with Gasteiger partial charge in [-0.15, -0.1) is 0 Å². The molecule has 0 aliphatic rings. The zero-order chi connectivity index (χ0) is 11.5. The van der Waals surface area contributed by atoms with Gasteiger partial charge in [0.2, 0.25) is 0 Å². The molecule has 0 fully saturated rings. The van der Waals surface area contributed by atoms with Crippen molar-refractivity contribution in [1.82, 2.24) is 9.97 Å². The number of aromatic nitrogens is 2. The highest BCUT2D eigenvalue weighted by Crippen LogP contribution is 2.29. The average Bonchev–Trinajstić information content (AvgIpc) is 2.31. The molecule has 1 aromatic heterocycles. The standard InChI is InChI=1S/C11H10FN3O/c1-16-8-4-2-3-7(9(8)12)10-11(13)15-6-5-14-10/h2-6H,1H3,(H2,13,15). The topological polar surface area (TPSA) is 61.0 Å². The highest BCUT2D eigenvalue weighted by molar-refractivity contribution is 5.71. The van der Waals surface area contributed by atoms with Gasteiger partial charge in [0, 0.05) is 18.0 Å². The molecule has 0 radical (unpaired) electrons. The molecule has 0 bridgehead atoms. The van der Waals surface area contributed by atoms with Crippen LogP contribution in [0, 0.1) is 5.82 Å². The van der Waals surface area contributed by atoms with E-state index in [-0.39, 0.29) is 17.1 Å². The smallest absolute Gasteiger partial charge is 0.174 e. The Balaban J connectivity index is 2.61. The Morgan fingerprint density at radius 1 is 1.25 bits per heavy atom. The van der Waals surface area contributed by atoms with Crippen LogP contribution in [0.2, 0.25) is 0 Å². The van der Waals surface area contributed by atoms with Crippen molar-refractivity contribution in [3.63, 3.8) is 0 Å². The predicted molar refractivity (Wildman–Crippen MR) is 58.4 cm³/mol. The van der Waals surface area contributed by atoms with Crippen molar-refractivity contribution < 1.29 is 9.13 Å². The van der Waals surface area contributed by atoms with Crippen LogP contribution in [0.3, 0.4) is 0 Å². The third kappa shape index (κ3) is 1.67. The summed E-state index contributed by atoms with van der Waals surface area (Å²) in [5, 5.41) is 0. The molecule has 2 rings (SSSR count). The summed E-state index contributed by atoms with van der Waals surface area (Å²) in [4.78, 5) is 7.86. The molecule has 82 valence electrons. The molecule has 0 amide bonds. The molecule has 1 heterocycles. The number of rotatable bonds is 2. The number of halogens is 1. The monoisotopic (exact) mass is 219 g/mol. The number of anilines is 1. The maximum absolute atomic E-state index is 13.9. The molecular weight excluding hydrogens is 209 g/mol. The number of nitrogens with two attached hydrogens (primary N) is 1. The molecule has 0 aliphatic carbocycles. The molecule has 2 aromatic rings. The van der Waals surface area contributed by atoms with Crippen LogP contribution in [0.5, 0.6) is 5.75 Å². The zero-order valence-corrected chi connectivity index (χ0v) is 8.64. The van der Waals surface area contributed by atoms with E-state index < -0.39 is 5.82 Å². The van der Waals surface area contributed by atoms with E-state index in [4.69, 9.17) is 10.5 Å². The third-order valence-corrected chi connectivity index (χ3v) is 2.16. The lowest BCUT2D eigenvalue weighted by Crippen LogP contribution is -1.98. The molecule has 0 saturated carbocycles. The van der Waals surface area contributed by atoms with Gasteiger partial charge in [-0.3, -0.25) is 4.98 Å². The van der Waals surface area contributed by atoms with Crippen molar-refractivity contribution >= 4 is 5.82 Å². The number of benzene rings is 1. The minimum atomic E-state index is -0.489. The normalized spacial score (nSPS) is 10.1. The van der Waals surface area contributed by atoms with Crippen molar-refractivity contribution in [2.24, 2.45) is 0 Å². The Labute approximate surface area is 91.9 Å². The van der Waals surface area contributed by atoms with Crippen LogP contribution in [-0.2, 0) is 0 Å². The summed E-state index contributed by atoms with van der Waals surface area (Å²) >= 11 is 0. The summed E-state index contributed by atoms with van der Waals surface area (Å²) in [6.07, 6.45) is 2.92. The molecule has 16 heavy (non-hydrogen) atoms. The fourth-order valence-electron chi connectivity index (χ4n) is 1.41. The first-order valence-corrected chi connectivity index (χ1v) is 4.63. The fraction of sp³-hybridized carbons (Fsp3) is 0.0909. The van der Waals surface area contributed by atoms with Gasteiger partial charge in [-0.05, 0) is 12.1 Å². The van der Waals surface area contributed by atoms with E-state index in [0.29, 0.717) is 5.69 Å². The SMILES string of the molecule is COc1cccc(-c2nccnc2N)c1F. The molecule has 5 heteroatoms. The maximum atomic E-state index is 13.9. The Hall–Kier alpha value is -2.17.